The zero-order chi connectivity index (χ0) is 17.1. The second-order valence-electron chi connectivity index (χ2n) is 5.23. The lowest BCUT2D eigenvalue weighted by molar-refractivity contribution is 0.0377. The summed E-state index contributed by atoms with van der Waals surface area (Å²) in [6, 6.07) is 8.83. The maximum absolute atomic E-state index is 12.4. The summed E-state index contributed by atoms with van der Waals surface area (Å²) in [5.41, 5.74) is 0.824. The first kappa shape index (κ1) is 18.2. The molecule has 2 rings (SSSR count). The van der Waals surface area contributed by atoms with Crippen molar-refractivity contribution in [2.75, 3.05) is 0 Å². The molecule has 1 unspecified atom stereocenters. The predicted octanol–water partition coefficient (Wildman–Crippen LogP) is 5.11. The molecule has 4 nitrogen and oxygen atoms in total. The highest BCUT2D eigenvalue weighted by atomic mass is 127. The van der Waals surface area contributed by atoms with E-state index >= 15 is 0 Å². The molecule has 0 N–H and O–H groups in total. The summed E-state index contributed by atoms with van der Waals surface area (Å²) < 4.78 is 10.8. The fraction of sp³-hybridized carbons (Fsp3) is 0.294. The van der Waals surface area contributed by atoms with E-state index in [-0.39, 0.29) is 10.2 Å². The van der Waals surface area contributed by atoms with E-state index < -0.39 is 11.9 Å². The number of ether oxygens (including phenoxy) is 2. The molecule has 0 aromatic heterocycles. The highest BCUT2D eigenvalue weighted by Crippen LogP contribution is 2.31. The normalized spacial score (nSPS) is 12.3. The molecule has 122 valence electrons. The molecular weight excluding hydrogens is 475 g/mol. The monoisotopic (exact) mass is 490 g/mol. The van der Waals surface area contributed by atoms with Crippen molar-refractivity contribution < 1.29 is 19.1 Å². The zero-order valence-corrected chi connectivity index (χ0v) is 16.7. The number of fused-ring (bicyclic) bond motifs is 1. The van der Waals surface area contributed by atoms with E-state index in [4.69, 9.17) is 9.47 Å². The van der Waals surface area contributed by atoms with Gasteiger partial charge < -0.3 is 9.47 Å². The van der Waals surface area contributed by atoms with Gasteiger partial charge in [0.1, 0.15) is 4.11 Å². The number of esters is 2. The first-order chi connectivity index (χ1) is 10.8. The van der Waals surface area contributed by atoms with E-state index in [1.807, 2.05) is 34.7 Å². The van der Waals surface area contributed by atoms with Gasteiger partial charge in [-0.2, -0.15) is 0 Å². The Kier molecular flexibility index (Phi) is 6.02. The lowest BCUT2D eigenvalue weighted by Gasteiger charge is -2.15. The lowest BCUT2D eigenvalue weighted by atomic mass is 9.99. The zero-order valence-electron chi connectivity index (χ0n) is 12.9. The summed E-state index contributed by atoms with van der Waals surface area (Å²) in [5, 5.41) is 1.31. The Morgan fingerprint density at radius 3 is 2.22 bits per heavy atom. The van der Waals surface area contributed by atoms with Crippen LogP contribution in [0.5, 0.6) is 0 Å². The van der Waals surface area contributed by atoms with Crippen molar-refractivity contribution in [3.8, 4) is 0 Å². The number of rotatable bonds is 4. The fourth-order valence-electron chi connectivity index (χ4n) is 2.20. The van der Waals surface area contributed by atoms with Crippen LogP contribution >= 0.6 is 38.5 Å². The van der Waals surface area contributed by atoms with Crippen molar-refractivity contribution in [3.63, 3.8) is 0 Å². The van der Waals surface area contributed by atoms with Crippen LogP contribution in [0.3, 0.4) is 0 Å². The van der Waals surface area contributed by atoms with E-state index in [1.54, 1.807) is 39.0 Å². The molecule has 6 heteroatoms. The minimum absolute atomic E-state index is 0.224. The molecule has 0 aliphatic rings. The van der Waals surface area contributed by atoms with E-state index in [0.717, 1.165) is 0 Å². The van der Waals surface area contributed by atoms with Gasteiger partial charge >= 0.3 is 11.9 Å². The van der Waals surface area contributed by atoms with Gasteiger partial charge in [-0.3, -0.25) is 0 Å². The van der Waals surface area contributed by atoms with Crippen molar-refractivity contribution in [1.82, 2.24) is 0 Å². The van der Waals surface area contributed by atoms with Gasteiger partial charge in [-0.1, -0.05) is 24.3 Å². The number of carbonyl (C=O) groups is 2. The molecule has 0 spiro atoms. The highest BCUT2D eigenvalue weighted by molar-refractivity contribution is 14.1. The molecule has 2 aromatic rings. The van der Waals surface area contributed by atoms with Gasteiger partial charge in [0.25, 0.3) is 0 Å². The number of carbonyl (C=O) groups excluding carboxylic acids is 2. The quantitative estimate of drug-likeness (QED) is 0.339. The Morgan fingerprint density at radius 2 is 1.65 bits per heavy atom. The van der Waals surface area contributed by atoms with Crippen LogP contribution in [0.4, 0.5) is 0 Å². The number of benzene rings is 2. The Morgan fingerprint density at radius 1 is 1.04 bits per heavy atom. The van der Waals surface area contributed by atoms with Gasteiger partial charge in [0.2, 0.25) is 0 Å². The van der Waals surface area contributed by atoms with Crippen LogP contribution in [0.15, 0.2) is 34.8 Å². The highest BCUT2D eigenvalue weighted by Gasteiger charge is 2.22. The minimum atomic E-state index is -0.426. The Hall–Kier alpha value is -1.15. The molecule has 2 aromatic carbocycles. The largest absolute Gasteiger partial charge is 0.459 e. The number of hydrogen-bond acceptors (Lipinski definition) is 4. The summed E-state index contributed by atoms with van der Waals surface area (Å²) in [6.07, 6.45) is -0.224. The Balaban J connectivity index is 2.63. The molecule has 0 heterocycles. The lowest BCUT2D eigenvalue weighted by Crippen LogP contribution is -2.15. The Labute approximate surface area is 156 Å². The van der Waals surface area contributed by atoms with Gasteiger partial charge in [-0.05, 0) is 76.1 Å². The summed E-state index contributed by atoms with van der Waals surface area (Å²) in [7, 11) is 0. The predicted molar refractivity (Wildman–Crippen MR) is 101 cm³/mol. The number of hydrogen-bond donors (Lipinski definition) is 0. The van der Waals surface area contributed by atoms with Crippen LogP contribution < -0.4 is 0 Å². The molecule has 0 amide bonds. The smallest absolute Gasteiger partial charge is 0.340 e. The van der Waals surface area contributed by atoms with E-state index in [2.05, 4.69) is 15.9 Å². The molecule has 0 bridgehead atoms. The van der Waals surface area contributed by atoms with Crippen LogP contribution in [-0.2, 0) is 9.47 Å². The second-order valence-corrected chi connectivity index (χ2v) is 7.84. The number of alkyl halides is 1. The van der Waals surface area contributed by atoms with Crippen molar-refractivity contribution in [1.29, 1.82) is 0 Å². The fourth-order valence-corrected chi connectivity index (χ4v) is 3.04. The first-order valence-electron chi connectivity index (χ1n) is 7.08. The van der Waals surface area contributed by atoms with Crippen LogP contribution in [0.2, 0.25) is 0 Å². The number of halogens is 2. The summed E-state index contributed by atoms with van der Waals surface area (Å²) in [5.74, 6) is -0.849. The van der Waals surface area contributed by atoms with Gasteiger partial charge in [-0.15, -0.1) is 0 Å². The van der Waals surface area contributed by atoms with E-state index in [9.17, 15) is 9.59 Å². The summed E-state index contributed by atoms with van der Waals surface area (Å²) in [6.45, 7) is 5.37. The van der Waals surface area contributed by atoms with E-state index in [1.165, 1.54) is 0 Å². The van der Waals surface area contributed by atoms with Crippen molar-refractivity contribution in [3.05, 3.63) is 45.9 Å². The average molecular weight is 491 g/mol. The molecule has 0 saturated heterocycles. The van der Waals surface area contributed by atoms with Crippen molar-refractivity contribution >= 4 is 61.2 Å². The van der Waals surface area contributed by atoms with Crippen LogP contribution in [0, 0.1) is 0 Å². The van der Waals surface area contributed by atoms with Crippen LogP contribution in [-0.4, -0.2) is 22.2 Å². The molecular formula is C17H16BrIO4. The molecule has 0 radical (unpaired) electrons. The average Bonchev–Trinajstić information content (AvgIpc) is 2.44. The molecule has 0 saturated carbocycles. The molecule has 1 atom stereocenters. The summed E-state index contributed by atoms with van der Waals surface area (Å²) in [4.78, 5) is 24.7. The van der Waals surface area contributed by atoms with Gasteiger partial charge in [0.05, 0.1) is 17.2 Å². The standard InChI is InChI=1S/C17H16BrIO4/c1-9(2)22-17(21)15-12-7-5-4-6-11(12)13(8-14(15)18)16(20)23-10(3)19/h4-10H,1-3H3. The maximum Gasteiger partial charge on any atom is 0.340 e. The van der Waals surface area contributed by atoms with E-state index in [0.29, 0.717) is 26.4 Å². The third-order valence-electron chi connectivity index (χ3n) is 3.03. The third-order valence-corrected chi connectivity index (χ3v) is 3.91. The second kappa shape index (κ2) is 7.61. The van der Waals surface area contributed by atoms with Gasteiger partial charge in [-0.25, -0.2) is 9.59 Å². The SMILES string of the molecule is CC(C)OC(=O)c1c(Br)cc(C(=O)OC(C)I)c2ccccc12. The topological polar surface area (TPSA) is 52.6 Å². The Bertz CT molecular complexity index is 756. The van der Waals surface area contributed by atoms with Gasteiger partial charge in [0.15, 0.2) is 0 Å². The molecule has 0 fully saturated rings. The van der Waals surface area contributed by atoms with Crippen molar-refractivity contribution in [2.24, 2.45) is 0 Å². The maximum atomic E-state index is 12.4. The molecule has 0 aliphatic carbocycles. The van der Waals surface area contributed by atoms with Gasteiger partial charge in [0, 0.05) is 4.47 Å². The third kappa shape index (κ3) is 4.23. The van der Waals surface area contributed by atoms with Crippen LogP contribution in [0.1, 0.15) is 41.5 Å². The first-order valence-corrected chi connectivity index (χ1v) is 9.12. The molecule has 23 heavy (non-hydrogen) atoms. The van der Waals surface area contributed by atoms with Crippen LogP contribution in [0.25, 0.3) is 10.8 Å². The minimum Gasteiger partial charge on any atom is -0.459 e. The van der Waals surface area contributed by atoms with Crippen molar-refractivity contribution in [2.45, 2.75) is 31.0 Å². The summed E-state index contributed by atoms with van der Waals surface area (Å²) >= 11 is 5.40. The molecule has 0 aliphatic heterocycles.